The van der Waals surface area contributed by atoms with Gasteiger partial charge in [-0.2, -0.15) is 0 Å². The molecule has 116 valence electrons. The molecule has 4 nitrogen and oxygen atoms in total. The number of likely N-dealkylation sites (tertiary alicyclic amines) is 1. The quantitative estimate of drug-likeness (QED) is 0.811. The lowest BCUT2D eigenvalue weighted by Gasteiger charge is -2.18. The molecule has 2 N–H and O–H groups in total. The van der Waals surface area contributed by atoms with Crippen LogP contribution in [-0.2, 0) is 11.3 Å². The largest absolute Gasteiger partial charge is 0.326 e. The van der Waals surface area contributed by atoms with Gasteiger partial charge in [0, 0.05) is 24.7 Å². The van der Waals surface area contributed by atoms with Crippen molar-refractivity contribution in [2.45, 2.75) is 45.7 Å². The maximum Gasteiger partial charge on any atom is 0.225 e. The van der Waals surface area contributed by atoms with Crippen LogP contribution in [-0.4, -0.2) is 36.5 Å². The van der Waals surface area contributed by atoms with Gasteiger partial charge in [0.2, 0.25) is 5.91 Å². The molecule has 4 heteroatoms. The number of nitrogens with one attached hydrogen (secondary N) is 2. The average molecular weight is 289 g/mol. The lowest BCUT2D eigenvalue weighted by Crippen LogP contribution is -2.30. The molecular formula is C17H27N3O. The van der Waals surface area contributed by atoms with E-state index in [-0.39, 0.29) is 11.9 Å². The van der Waals surface area contributed by atoms with Crippen molar-refractivity contribution in [1.82, 2.24) is 10.2 Å². The van der Waals surface area contributed by atoms with Crippen LogP contribution in [0, 0.1) is 0 Å². The molecule has 1 atom stereocenters. The molecule has 1 aromatic rings. The molecule has 0 radical (unpaired) electrons. The molecule has 1 unspecified atom stereocenters. The van der Waals surface area contributed by atoms with E-state index in [4.69, 9.17) is 0 Å². The highest BCUT2D eigenvalue weighted by Crippen LogP contribution is 2.20. The zero-order valence-electron chi connectivity index (χ0n) is 13.2. The van der Waals surface area contributed by atoms with Crippen LogP contribution >= 0.6 is 0 Å². The normalized spacial score (nSPS) is 16.9. The summed E-state index contributed by atoms with van der Waals surface area (Å²) in [7, 11) is 0. The van der Waals surface area contributed by atoms with E-state index in [1.165, 1.54) is 31.5 Å². The SMILES string of the molecule is CCNC(C)CC(=O)Nc1ccccc1CN1CCCC1. The van der Waals surface area contributed by atoms with E-state index in [0.717, 1.165) is 18.8 Å². The lowest BCUT2D eigenvalue weighted by molar-refractivity contribution is -0.116. The number of para-hydroxylation sites is 1. The van der Waals surface area contributed by atoms with Gasteiger partial charge in [0.25, 0.3) is 0 Å². The smallest absolute Gasteiger partial charge is 0.225 e. The zero-order chi connectivity index (χ0) is 15.1. The molecule has 1 aliphatic heterocycles. The van der Waals surface area contributed by atoms with Gasteiger partial charge in [0.1, 0.15) is 0 Å². The first-order valence-corrected chi connectivity index (χ1v) is 8.02. The van der Waals surface area contributed by atoms with Gasteiger partial charge in [0.05, 0.1) is 0 Å². The highest BCUT2D eigenvalue weighted by molar-refractivity contribution is 5.91. The minimum absolute atomic E-state index is 0.0809. The van der Waals surface area contributed by atoms with Gasteiger partial charge in [-0.1, -0.05) is 25.1 Å². The number of hydrogen-bond donors (Lipinski definition) is 2. The Morgan fingerprint density at radius 3 is 2.71 bits per heavy atom. The topological polar surface area (TPSA) is 44.4 Å². The van der Waals surface area contributed by atoms with E-state index in [1.807, 2.05) is 25.1 Å². The highest BCUT2D eigenvalue weighted by atomic mass is 16.1. The van der Waals surface area contributed by atoms with E-state index < -0.39 is 0 Å². The maximum atomic E-state index is 12.1. The van der Waals surface area contributed by atoms with E-state index in [1.54, 1.807) is 0 Å². The van der Waals surface area contributed by atoms with Gasteiger partial charge in [-0.15, -0.1) is 0 Å². The molecule has 2 rings (SSSR count). The van der Waals surface area contributed by atoms with Gasteiger partial charge in [-0.05, 0) is 51.0 Å². The van der Waals surface area contributed by atoms with Crippen molar-refractivity contribution in [2.75, 3.05) is 25.0 Å². The van der Waals surface area contributed by atoms with Crippen molar-refractivity contribution in [3.8, 4) is 0 Å². The van der Waals surface area contributed by atoms with Crippen molar-refractivity contribution in [1.29, 1.82) is 0 Å². The molecule has 21 heavy (non-hydrogen) atoms. The number of nitrogens with zero attached hydrogens (tertiary/aromatic N) is 1. The number of amides is 1. The molecule has 1 amide bonds. The summed E-state index contributed by atoms with van der Waals surface area (Å²) in [5.41, 5.74) is 2.17. The minimum Gasteiger partial charge on any atom is -0.326 e. The maximum absolute atomic E-state index is 12.1. The van der Waals surface area contributed by atoms with Crippen LogP contribution in [0.2, 0.25) is 0 Å². The molecule has 0 spiro atoms. The van der Waals surface area contributed by atoms with Crippen LogP contribution in [0.25, 0.3) is 0 Å². The summed E-state index contributed by atoms with van der Waals surface area (Å²) in [6, 6.07) is 8.35. The fourth-order valence-corrected chi connectivity index (χ4v) is 2.86. The summed E-state index contributed by atoms with van der Waals surface area (Å²) in [5.74, 6) is 0.0809. The second-order valence-electron chi connectivity index (χ2n) is 5.85. The first-order valence-electron chi connectivity index (χ1n) is 8.02. The number of carbonyl (C=O) groups excluding carboxylic acids is 1. The van der Waals surface area contributed by atoms with E-state index >= 15 is 0 Å². The van der Waals surface area contributed by atoms with Crippen LogP contribution in [0.5, 0.6) is 0 Å². The third kappa shape index (κ3) is 5.14. The van der Waals surface area contributed by atoms with E-state index in [2.05, 4.69) is 28.5 Å². The first kappa shape index (κ1) is 16.0. The van der Waals surface area contributed by atoms with Crippen LogP contribution in [0.15, 0.2) is 24.3 Å². The molecule has 0 saturated carbocycles. The summed E-state index contributed by atoms with van der Waals surface area (Å²) < 4.78 is 0. The van der Waals surface area contributed by atoms with Crippen LogP contribution in [0.1, 0.15) is 38.7 Å². The van der Waals surface area contributed by atoms with Crippen LogP contribution < -0.4 is 10.6 Å². The van der Waals surface area contributed by atoms with Gasteiger partial charge in [-0.3, -0.25) is 9.69 Å². The van der Waals surface area contributed by atoms with Crippen molar-refractivity contribution in [2.24, 2.45) is 0 Å². The monoisotopic (exact) mass is 289 g/mol. The Morgan fingerprint density at radius 1 is 1.29 bits per heavy atom. The summed E-state index contributed by atoms with van der Waals surface area (Å²) in [5, 5.41) is 6.33. The van der Waals surface area contributed by atoms with Crippen molar-refractivity contribution in [3.05, 3.63) is 29.8 Å². The second kappa shape index (κ2) is 8.15. The Balaban J connectivity index is 1.94. The van der Waals surface area contributed by atoms with Gasteiger partial charge >= 0.3 is 0 Å². The summed E-state index contributed by atoms with van der Waals surface area (Å²) in [4.78, 5) is 14.6. The number of rotatable bonds is 7. The molecule has 1 aliphatic rings. The molecule has 1 aromatic carbocycles. The Morgan fingerprint density at radius 2 is 2.00 bits per heavy atom. The Labute approximate surface area is 127 Å². The fourth-order valence-electron chi connectivity index (χ4n) is 2.86. The van der Waals surface area contributed by atoms with Gasteiger partial charge < -0.3 is 10.6 Å². The molecular weight excluding hydrogens is 262 g/mol. The predicted octanol–water partition coefficient (Wildman–Crippen LogP) is 2.61. The van der Waals surface area contributed by atoms with E-state index in [0.29, 0.717) is 6.42 Å². The van der Waals surface area contributed by atoms with Crippen LogP contribution in [0.4, 0.5) is 5.69 Å². The van der Waals surface area contributed by atoms with Crippen molar-refractivity contribution in [3.63, 3.8) is 0 Å². The first-order chi connectivity index (χ1) is 10.2. The zero-order valence-corrected chi connectivity index (χ0v) is 13.2. The number of carbonyl (C=O) groups is 1. The molecule has 1 fully saturated rings. The van der Waals surface area contributed by atoms with Gasteiger partial charge in [0.15, 0.2) is 0 Å². The summed E-state index contributed by atoms with van der Waals surface area (Å²) in [6.45, 7) is 8.25. The Kier molecular flexibility index (Phi) is 6.21. The third-order valence-corrected chi connectivity index (χ3v) is 3.93. The van der Waals surface area contributed by atoms with Crippen LogP contribution in [0.3, 0.4) is 0 Å². The number of anilines is 1. The van der Waals surface area contributed by atoms with Crippen molar-refractivity contribution >= 4 is 11.6 Å². The number of benzene rings is 1. The highest BCUT2D eigenvalue weighted by Gasteiger charge is 2.15. The summed E-state index contributed by atoms with van der Waals surface area (Å²) in [6.07, 6.45) is 3.08. The average Bonchev–Trinajstić information content (AvgIpc) is 2.94. The lowest BCUT2D eigenvalue weighted by atomic mass is 10.1. The molecule has 0 aromatic heterocycles. The molecule has 1 heterocycles. The Hall–Kier alpha value is -1.39. The third-order valence-electron chi connectivity index (χ3n) is 3.93. The fraction of sp³-hybridized carbons (Fsp3) is 0.588. The molecule has 0 aliphatic carbocycles. The van der Waals surface area contributed by atoms with E-state index in [9.17, 15) is 4.79 Å². The van der Waals surface area contributed by atoms with Gasteiger partial charge in [-0.25, -0.2) is 0 Å². The second-order valence-corrected chi connectivity index (χ2v) is 5.85. The molecule has 1 saturated heterocycles. The Bertz CT molecular complexity index is 455. The molecule has 0 bridgehead atoms. The standard InChI is InChI=1S/C17H27N3O/c1-3-18-14(2)12-17(21)19-16-9-5-4-8-15(16)13-20-10-6-7-11-20/h4-5,8-9,14,18H,3,6-7,10-13H2,1-2H3,(H,19,21). The minimum atomic E-state index is 0.0809. The predicted molar refractivity (Wildman–Crippen MR) is 87.3 cm³/mol. The van der Waals surface area contributed by atoms with Crippen molar-refractivity contribution < 1.29 is 4.79 Å². The number of hydrogen-bond acceptors (Lipinski definition) is 3. The summed E-state index contributed by atoms with van der Waals surface area (Å²) >= 11 is 0.